The molecule has 2 aromatic carbocycles. The fourth-order valence-corrected chi connectivity index (χ4v) is 4.32. The molecule has 5 rings (SSSR count). The number of aromatic carboxylic acids is 1. The molecule has 2 aromatic heterocycles. The zero-order valence-corrected chi connectivity index (χ0v) is 18.9. The molecule has 1 aliphatic heterocycles. The van der Waals surface area contributed by atoms with Crippen LogP contribution in [0.5, 0.6) is 0 Å². The van der Waals surface area contributed by atoms with Crippen molar-refractivity contribution >= 4 is 22.6 Å². The molecule has 0 radical (unpaired) electrons. The van der Waals surface area contributed by atoms with Crippen molar-refractivity contribution in [3.05, 3.63) is 90.4 Å². The molecule has 0 spiro atoms. The highest BCUT2D eigenvalue weighted by molar-refractivity contribution is 5.94. The SMILES string of the molecule is O=C(O)c1ccc2[nH]cc(CCCCN3CCN(c4ccccc4)CC3)c2c1.c1cc[nH]c1. The predicted octanol–water partition coefficient (Wildman–Crippen LogP) is 5.03. The van der Waals surface area contributed by atoms with Crippen molar-refractivity contribution in [1.82, 2.24) is 14.9 Å². The molecule has 4 aromatic rings. The summed E-state index contributed by atoms with van der Waals surface area (Å²) in [7, 11) is 0. The van der Waals surface area contributed by atoms with Crippen LogP contribution in [0.25, 0.3) is 10.9 Å². The van der Waals surface area contributed by atoms with Crippen molar-refractivity contribution in [1.29, 1.82) is 0 Å². The van der Waals surface area contributed by atoms with Crippen LogP contribution in [0.2, 0.25) is 0 Å². The molecular formula is C27H32N4O2. The average Bonchev–Trinajstić information content (AvgIpc) is 3.56. The van der Waals surface area contributed by atoms with E-state index in [0.717, 1.165) is 62.9 Å². The summed E-state index contributed by atoms with van der Waals surface area (Å²) in [6, 6.07) is 19.8. The average molecular weight is 445 g/mol. The molecule has 0 aliphatic carbocycles. The van der Waals surface area contributed by atoms with E-state index < -0.39 is 5.97 Å². The zero-order chi connectivity index (χ0) is 22.9. The first-order valence-electron chi connectivity index (χ1n) is 11.6. The number of anilines is 1. The fraction of sp³-hybridized carbons (Fsp3) is 0.296. The highest BCUT2D eigenvalue weighted by Crippen LogP contribution is 2.22. The molecule has 6 heteroatoms. The van der Waals surface area contributed by atoms with Crippen LogP contribution >= 0.6 is 0 Å². The van der Waals surface area contributed by atoms with E-state index in [1.165, 1.54) is 11.3 Å². The molecule has 6 nitrogen and oxygen atoms in total. The molecule has 1 fully saturated rings. The first-order chi connectivity index (χ1) is 16.2. The number of carbonyl (C=O) groups is 1. The molecule has 1 aliphatic rings. The van der Waals surface area contributed by atoms with Crippen LogP contribution in [-0.2, 0) is 6.42 Å². The summed E-state index contributed by atoms with van der Waals surface area (Å²) < 4.78 is 0. The van der Waals surface area contributed by atoms with Crippen molar-refractivity contribution in [3.8, 4) is 0 Å². The van der Waals surface area contributed by atoms with E-state index in [4.69, 9.17) is 0 Å². The van der Waals surface area contributed by atoms with Crippen LogP contribution in [0.15, 0.2) is 79.3 Å². The van der Waals surface area contributed by atoms with Crippen LogP contribution in [0.3, 0.4) is 0 Å². The summed E-state index contributed by atoms with van der Waals surface area (Å²) in [6.45, 7) is 5.54. The Labute approximate surface area is 194 Å². The van der Waals surface area contributed by atoms with Gasteiger partial charge in [0, 0.05) is 61.4 Å². The van der Waals surface area contributed by atoms with Crippen molar-refractivity contribution in [2.45, 2.75) is 19.3 Å². The second-order valence-electron chi connectivity index (χ2n) is 8.39. The Kier molecular flexibility index (Phi) is 7.82. The van der Waals surface area contributed by atoms with Crippen LogP contribution in [0, 0.1) is 0 Å². The lowest BCUT2D eigenvalue weighted by atomic mass is 10.0. The second-order valence-corrected chi connectivity index (χ2v) is 8.39. The number of hydrogen-bond donors (Lipinski definition) is 3. The summed E-state index contributed by atoms with van der Waals surface area (Å²) >= 11 is 0. The molecule has 0 atom stereocenters. The number of carboxylic acid groups (broad SMARTS) is 1. The number of aryl methyl sites for hydroxylation is 1. The van der Waals surface area contributed by atoms with E-state index >= 15 is 0 Å². The lowest BCUT2D eigenvalue weighted by molar-refractivity contribution is 0.0697. The highest BCUT2D eigenvalue weighted by atomic mass is 16.4. The van der Waals surface area contributed by atoms with Gasteiger partial charge in [0.15, 0.2) is 0 Å². The number of nitrogens with one attached hydrogen (secondary N) is 2. The molecule has 0 unspecified atom stereocenters. The minimum absolute atomic E-state index is 0.352. The van der Waals surface area contributed by atoms with Gasteiger partial charge in [0.2, 0.25) is 0 Å². The normalized spacial score (nSPS) is 14.1. The number of nitrogens with zero attached hydrogens (tertiary/aromatic N) is 2. The number of fused-ring (bicyclic) bond motifs is 1. The van der Waals surface area contributed by atoms with E-state index in [2.05, 4.69) is 50.1 Å². The van der Waals surface area contributed by atoms with E-state index in [-0.39, 0.29) is 0 Å². The van der Waals surface area contributed by atoms with Gasteiger partial charge in [0.25, 0.3) is 0 Å². The molecule has 3 N–H and O–H groups in total. The summed E-state index contributed by atoms with van der Waals surface area (Å²) in [6.07, 6.45) is 9.03. The van der Waals surface area contributed by atoms with Gasteiger partial charge in [-0.3, -0.25) is 4.90 Å². The van der Waals surface area contributed by atoms with Gasteiger partial charge in [0.05, 0.1) is 5.56 Å². The maximum atomic E-state index is 11.2. The van der Waals surface area contributed by atoms with Gasteiger partial charge < -0.3 is 20.0 Å². The maximum absolute atomic E-state index is 11.2. The van der Waals surface area contributed by atoms with Gasteiger partial charge >= 0.3 is 5.97 Å². The van der Waals surface area contributed by atoms with Crippen LogP contribution < -0.4 is 4.90 Å². The third kappa shape index (κ3) is 6.26. The quantitative estimate of drug-likeness (QED) is 0.350. The lowest BCUT2D eigenvalue weighted by Gasteiger charge is -2.36. The number of hydrogen-bond acceptors (Lipinski definition) is 3. The summed E-state index contributed by atoms with van der Waals surface area (Å²) in [5.41, 5.74) is 3.90. The topological polar surface area (TPSA) is 75.4 Å². The number of aromatic nitrogens is 2. The largest absolute Gasteiger partial charge is 0.478 e. The Morgan fingerprint density at radius 2 is 1.67 bits per heavy atom. The molecule has 0 amide bonds. The van der Waals surface area contributed by atoms with Gasteiger partial charge in [-0.25, -0.2) is 4.79 Å². The Morgan fingerprint density at radius 3 is 2.33 bits per heavy atom. The first kappa shape index (κ1) is 22.7. The standard InChI is InChI=1S/C23H27N3O2.C4H5N/c27-23(28)18-9-10-22-21(16-18)19(17-24-22)6-4-5-11-25-12-14-26(15-13-25)20-7-2-1-3-8-20;1-2-4-5-3-1/h1-3,7-10,16-17,24H,4-6,11-15H2,(H,27,28);1-5H. The molecule has 33 heavy (non-hydrogen) atoms. The highest BCUT2D eigenvalue weighted by Gasteiger charge is 2.16. The van der Waals surface area contributed by atoms with E-state index in [9.17, 15) is 9.90 Å². The number of aromatic amines is 2. The third-order valence-corrected chi connectivity index (χ3v) is 6.17. The molecule has 0 bridgehead atoms. The van der Waals surface area contributed by atoms with Crippen molar-refractivity contribution in [2.24, 2.45) is 0 Å². The zero-order valence-electron chi connectivity index (χ0n) is 18.9. The molecule has 3 heterocycles. The van der Waals surface area contributed by atoms with Crippen LogP contribution in [0.1, 0.15) is 28.8 Å². The molecule has 1 saturated heterocycles. The number of carboxylic acids is 1. The van der Waals surface area contributed by atoms with E-state index in [0.29, 0.717) is 5.56 Å². The molecule has 0 saturated carbocycles. The smallest absolute Gasteiger partial charge is 0.335 e. The van der Waals surface area contributed by atoms with E-state index in [1.807, 2.05) is 36.8 Å². The molecule has 172 valence electrons. The first-order valence-corrected chi connectivity index (χ1v) is 11.6. The van der Waals surface area contributed by atoms with Crippen molar-refractivity contribution in [3.63, 3.8) is 0 Å². The van der Waals surface area contributed by atoms with Crippen molar-refractivity contribution in [2.75, 3.05) is 37.6 Å². The minimum atomic E-state index is -0.872. The van der Waals surface area contributed by atoms with E-state index in [1.54, 1.807) is 12.1 Å². The number of benzene rings is 2. The number of piperazine rings is 1. The fourth-order valence-electron chi connectivity index (χ4n) is 4.32. The van der Waals surface area contributed by atoms with Crippen LogP contribution in [0.4, 0.5) is 5.69 Å². The number of para-hydroxylation sites is 1. The monoisotopic (exact) mass is 444 g/mol. The van der Waals surface area contributed by atoms with Crippen molar-refractivity contribution < 1.29 is 9.90 Å². The number of rotatable bonds is 7. The Bertz CT molecular complexity index is 1100. The number of unbranched alkanes of at least 4 members (excludes halogenated alkanes) is 1. The summed E-state index contributed by atoms with van der Waals surface area (Å²) in [5, 5.41) is 10.2. The second kappa shape index (κ2) is 11.4. The van der Waals surface area contributed by atoms with Gasteiger partial charge in [-0.1, -0.05) is 18.2 Å². The maximum Gasteiger partial charge on any atom is 0.335 e. The lowest BCUT2D eigenvalue weighted by Crippen LogP contribution is -2.46. The summed E-state index contributed by atoms with van der Waals surface area (Å²) in [4.78, 5) is 22.3. The van der Waals surface area contributed by atoms with Crippen LogP contribution in [-0.4, -0.2) is 58.7 Å². The van der Waals surface area contributed by atoms with Gasteiger partial charge in [-0.2, -0.15) is 0 Å². The van der Waals surface area contributed by atoms with Gasteiger partial charge in [-0.05, 0) is 73.8 Å². The Hall–Kier alpha value is -3.51. The predicted molar refractivity (Wildman–Crippen MR) is 134 cm³/mol. The summed E-state index contributed by atoms with van der Waals surface area (Å²) in [5.74, 6) is -0.872. The van der Waals surface area contributed by atoms with Gasteiger partial charge in [0.1, 0.15) is 0 Å². The Balaban J connectivity index is 0.000000459. The Morgan fingerprint density at radius 1 is 0.909 bits per heavy atom. The minimum Gasteiger partial charge on any atom is -0.478 e. The number of H-pyrrole nitrogens is 2. The van der Waals surface area contributed by atoms with Gasteiger partial charge in [-0.15, -0.1) is 0 Å². The third-order valence-electron chi connectivity index (χ3n) is 6.17. The molecular weight excluding hydrogens is 412 g/mol.